The number of hydrogen-bond acceptors (Lipinski definition) is 2. The number of carbonyl (C=O) groups excluding carboxylic acids is 1. The van der Waals surface area contributed by atoms with Gasteiger partial charge >= 0.3 is 0 Å². The Hall–Kier alpha value is -0.570. The topological polar surface area (TPSA) is 55.1 Å². The summed E-state index contributed by atoms with van der Waals surface area (Å²) in [6.07, 6.45) is 5.24. The average molecular weight is 254 g/mol. The maximum Gasteiger partial charge on any atom is 0.227 e. The molecule has 0 bridgehead atoms. The third kappa shape index (κ3) is 2.87. The minimum atomic E-state index is -0.357. The van der Waals surface area contributed by atoms with Crippen molar-refractivity contribution >= 4 is 5.91 Å². The monoisotopic (exact) mass is 254 g/mol. The number of nitrogens with two attached hydrogens (primary N) is 1. The molecule has 1 aliphatic carbocycles. The van der Waals surface area contributed by atoms with Gasteiger partial charge in [-0.1, -0.05) is 34.1 Å². The predicted octanol–water partition coefficient (Wildman–Crippen LogP) is 2.69. The predicted molar refractivity (Wildman–Crippen MR) is 76.2 cm³/mol. The van der Waals surface area contributed by atoms with E-state index in [9.17, 15) is 4.79 Å². The molecule has 0 aliphatic heterocycles. The van der Waals surface area contributed by atoms with Crippen LogP contribution < -0.4 is 11.1 Å². The van der Waals surface area contributed by atoms with Gasteiger partial charge < -0.3 is 11.1 Å². The van der Waals surface area contributed by atoms with E-state index in [4.69, 9.17) is 5.73 Å². The highest BCUT2D eigenvalue weighted by Crippen LogP contribution is 2.35. The zero-order valence-corrected chi connectivity index (χ0v) is 12.5. The highest BCUT2D eigenvalue weighted by Gasteiger charge is 2.38. The second-order valence-corrected chi connectivity index (χ2v) is 5.88. The standard InChI is InChI=1S/C15H30N2O/c1-5-12-8-9-13(11(12)4)17-14(18)15(6-2,7-3)10-16/h11-13H,5-10,16H2,1-4H3,(H,17,18). The molecule has 1 rings (SSSR count). The van der Waals surface area contributed by atoms with E-state index in [-0.39, 0.29) is 11.3 Å². The summed E-state index contributed by atoms with van der Waals surface area (Å²) >= 11 is 0. The van der Waals surface area contributed by atoms with E-state index in [2.05, 4.69) is 33.0 Å². The largest absolute Gasteiger partial charge is 0.353 e. The summed E-state index contributed by atoms with van der Waals surface area (Å²) in [7, 11) is 0. The van der Waals surface area contributed by atoms with Crippen LogP contribution >= 0.6 is 0 Å². The SMILES string of the molecule is CCC1CCC(NC(=O)C(CC)(CC)CN)C1C. The highest BCUT2D eigenvalue weighted by atomic mass is 16.2. The first-order chi connectivity index (χ1) is 8.54. The second-order valence-electron chi connectivity index (χ2n) is 5.88. The van der Waals surface area contributed by atoms with Gasteiger partial charge in [0.2, 0.25) is 5.91 Å². The van der Waals surface area contributed by atoms with Crippen molar-refractivity contribution in [1.29, 1.82) is 0 Å². The molecular weight excluding hydrogens is 224 g/mol. The lowest BCUT2D eigenvalue weighted by Crippen LogP contribution is -2.49. The Morgan fingerprint density at radius 2 is 1.89 bits per heavy atom. The molecule has 106 valence electrons. The fourth-order valence-electron chi connectivity index (χ4n) is 3.30. The summed E-state index contributed by atoms with van der Waals surface area (Å²) in [6, 6.07) is 0.353. The Morgan fingerprint density at radius 1 is 1.28 bits per heavy atom. The van der Waals surface area contributed by atoms with Crippen LogP contribution in [-0.2, 0) is 4.79 Å². The van der Waals surface area contributed by atoms with Gasteiger partial charge in [-0.25, -0.2) is 0 Å². The molecule has 3 N–H and O–H groups in total. The van der Waals surface area contributed by atoms with Gasteiger partial charge in [0, 0.05) is 12.6 Å². The summed E-state index contributed by atoms with van der Waals surface area (Å²) in [6.45, 7) is 9.08. The Bertz CT molecular complexity index is 265. The van der Waals surface area contributed by atoms with Gasteiger partial charge in [0.05, 0.1) is 5.41 Å². The molecule has 1 fully saturated rings. The van der Waals surface area contributed by atoms with Crippen LogP contribution in [0.1, 0.15) is 59.8 Å². The number of nitrogens with one attached hydrogen (secondary N) is 1. The van der Waals surface area contributed by atoms with Crippen LogP contribution in [0, 0.1) is 17.3 Å². The molecule has 0 spiro atoms. The maximum absolute atomic E-state index is 12.5. The summed E-state index contributed by atoms with van der Waals surface area (Å²) in [4.78, 5) is 12.5. The van der Waals surface area contributed by atoms with Gasteiger partial charge in [-0.15, -0.1) is 0 Å². The van der Waals surface area contributed by atoms with Gasteiger partial charge in [-0.3, -0.25) is 4.79 Å². The lowest BCUT2D eigenvalue weighted by molar-refractivity contribution is -0.132. The fraction of sp³-hybridized carbons (Fsp3) is 0.933. The van der Waals surface area contributed by atoms with Crippen molar-refractivity contribution in [3.8, 4) is 0 Å². The minimum absolute atomic E-state index is 0.170. The van der Waals surface area contributed by atoms with Crippen LogP contribution in [0.3, 0.4) is 0 Å². The van der Waals surface area contributed by atoms with Crippen LogP contribution in [0.4, 0.5) is 0 Å². The molecule has 3 unspecified atom stereocenters. The lowest BCUT2D eigenvalue weighted by Gasteiger charge is -2.31. The Morgan fingerprint density at radius 3 is 2.28 bits per heavy atom. The molecule has 1 saturated carbocycles. The zero-order valence-electron chi connectivity index (χ0n) is 12.5. The van der Waals surface area contributed by atoms with Gasteiger partial charge in [0.1, 0.15) is 0 Å². The third-order valence-electron chi connectivity index (χ3n) is 5.29. The van der Waals surface area contributed by atoms with Gasteiger partial charge in [0.25, 0.3) is 0 Å². The minimum Gasteiger partial charge on any atom is -0.353 e. The molecule has 0 saturated heterocycles. The quantitative estimate of drug-likeness (QED) is 0.765. The third-order valence-corrected chi connectivity index (χ3v) is 5.29. The van der Waals surface area contributed by atoms with Crippen molar-refractivity contribution in [3.05, 3.63) is 0 Å². The van der Waals surface area contributed by atoms with Crippen LogP contribution in [0.25, 0.3) is 0 Å². The fourth-order valence-corrected chi connectivity index (χ4v) is 3.30. The van der Waals surface area contributed by atoms with Crippen molar-refractivity contribution in [2.75, 3.05) is 6.54 Å². The smallest absolute Gasteiger partial charge is 0.227 e. The molecule has 0 aromatic heterocycles. The Kier molecular flexibility index (Phi) is 5.64. The molecule has 3 nitrogen and oxygen atoms in total. The van der Waals surface area contributed by atoms with E-state index in [1.165, 1.54) is 12.8 Å². The number of carbonyl (C=O) groups is 1. The molecule has 1 amide bonds. The van der Waals surface area contributed by atoms with Crippen LogP contribution in [-0.4, -0.2) is 18.5 Å². The summed E-state index contributed by atoms with van der Waals surface area (Å²) < 4.78 is 0. The molecule has 3 heteroatoms. The second kappa shape index (κ2) is 6.55. The van der Waals surface area contributed by atoms with Gasteiger partial charge in [-0.2, -0.15) is 0 Å². The maximum atomic E-state index is 12.5. The van der Waals surface area contributed by atoms with E-state index in [1.54, 1.807) is 0 Å². The highest BCUT2D eigenvalue weighted by molar-refractivity contribution is 5.83. The molecule has 0 radical (unpaired) electrons. The number of hydrogen-bond donors (Lipinski definition) is 2. The van der Waals surface area contributed by atoms with Crippen LogP contribution in [0.15, 0.2) is 0 Å². The Balaban J connectivity index is 2.65. The average Bonchev–Trinajstić information content (AvgIpc) is 2.73. The van der Waals surface area contributed by atoms with Crippen molar-refractivity contribution < 1.29 is 4.79 Å². The molecule has 0 aromatic carbocycles. The van der Waals surface area contributed by atoms with E-state index in [0.29, 0.717) is 18.5 Å². The van der Waals surface area contributed by atoms with Crippen molar-refractivity contribution in [3.63, 3.8) is 0 Å². The molecular formula is C15H30N2O. The number of amides is 1. The first-order valence-electron chi connectivity index (χ1n) is 7.55. The molecule has 3 atom stereocenters. The molecule has 1 aliphatic rings. The normalized spacial score (nSPS) is 28.4. The van der Waals surface area contributed by atoms with Crippen LogP contribution in [0.2, 0.25) is 0 Å². The lowest BCUT2D eigenvalue weighted by atomic mass is 9.81. The summed E-state index contributed by atoms with van der Waals surface area (Å²) in [5, 5.41) is 3.27. The van der Waals surface area contributed by atoms with Gasteiger partial charge in [-0.05, 0) is 37.5 Å². The van der Waals surface area contributed by atoms with Gasteiger partial charge in [0.15, 0.2) is 0 Å². The van der Waals surface area contributed by atoms with Crippen molar-refractivity contribution in [2.45, 2.75) is 65.8 Å². The first kappa shape index (κ1) is 15.5. The first-order valence-corrected chi connectivity index (χ1v) is 7.55. The van der Waals surface area contributed by atoms with Crippen molar-refractivity contribution in [2.24, 2.45) is 23.0 Å². The molecule has 18 heavy (non-hydrogen) atoms. The van der Waals surface area contributed by atoms with E-state index >= 15 is 0 Å². The molecule has 0 aromatic rings. The van der Waals surface area contributed by atoms with E-state index < -0.39 is 0 Å². The van der Waals surface area contributed by atoms with E-state index in [0.717, 1.165) is 25.2 Å². The zero-order chi connectivity index (χ0) is 13.8. The van der Waals surface area contributed by atoms with Crippen molar-refractivity contribution in [1.82, 2.24) is 5.32 Å². The Labute approximate surface area is 112 Å². The number of rotatable bonds is 6. The summed E-state index contributed by atoms with van der Waals surface area (Å²) in [5.74, 6) is 1.54. The molecule has 0 heterocycles. The van der Waals surface area contributed by atoms with E-state index in [1.807, 2.05) is 0 Å². The summed E-state index contributed by atoms with van der Waals surface area (Å²) in [5.41, 5.74) is 5.47. The van der Waals surface area contributed by atoms with Crippen LogP contribution in [0.5, 0.6) is 0 Å².